The van der Waals surface area contributed by atoms with Gasteiger partial charge in [0, 0.05) is 10.8 Å². The molecule has 0 aliphatic heterocycles. The quantitative estimate of drug-likeness (QED) is 0.397. The molecule has 0 aromatic rings. The molecule has 0 spiro atoms. The Morgan fingerprint density at radius 2 is 1.97 bits per heavy atom. The van der Waals surface area contributed by atoms with Gasteiger partial charge in [0.15, 0.2) is 12.4 Å². The summed E-state index contributed by atoms with van der Waals surface area (Å²) in [5.41, 5.74) is 2.78. The molecule has 0 heterocycles. The van der Waals surface area contributed by atoms with Crippen molar-refractivity contribution in [3.05, 3.63) is 23.8 Å². The molecule has 33 heavy (non-hydrogen) atoms. The van der Waals surface area contributed by atoms with Crippen molar-refractivity contribution in [3.8, 4) is 0 Å². The molecule has 4 aliphatic carbocycles. The van der Waals surface area contributed by atoms with Gasteiger partial charge in [-0.3, -0.25) is 14.4 Å². The van der Waals surface area contributed by atoms with Crippen LogP contribution in [-0.4, -0.2) is 57.5 Å². The Morgan fingerprint density at radius 3 is 2.61 bits per heavy atom. The minimum atomic E-state index is -1.76. The molecule has 0 bridgehead atoms. The van der Waals surface area contributed by atoms with E-state index >= 15 is 0 Å². The van der Waals surface area contributed by atoms with Crippen molar-refractivity contribution in [2.24, 2.45) is 34.3 Å². The summed E-state index contributed by atoms with van der Waals surface area (Å²) in [6.07, 6.45) is 5.95. The Hall–Kier alpha value is -1.25. The zero-order valence-corrected chi connectivity index (χ0v) is 20.7. The summed E-state index contributed by atoms with van der Waals surface area (Å²) >= 11 is 7.36. The first-order chi connectivity index (χ1) is 14.9. The predicted molar refractivity (Wildman–Crippen MR) is 125 cm³/mol. The van der Waals surface area contributed by atoms with E-state index in [1.807, 2.05) is 26.8 Å². The Balaban J connectivity index is 0.00000306. The molecule has 184 valence electrons. The zero-order chi connectivity index (χ0) is 23.7. The average molecular weight is 502 g/mol. The number of hydrogen-bond donors (Lipinski definition) is 3. The Kier molecular flexibility index (Phi) is 6.75. The van der Waals surface area contributed by atoms with Gasteiger partial charge in [-0.25, -0.2) is 0 Å². The molecule has 7 nitrogen and oxygen atoms in total. The number of ketones is 2. The highest BCUT2D eigenvalue weighted by molar-refractivity contribution is 6.26. The van der Waals surface area contributed by atoms with Crippen molar-refractivity contribution in [1.29, 1.82) is 0 Å². The topological polar surface area (TPSA) is 127 Å². The third-order valence-corrected chi connectivity index (χ3v) is 10.1. The number of carbonyl (C=O) groups is 3. The number of fused-ring (bicyclic) bond motifs is 5. The van der Waals surface area contributed by atoms with E-state index in [0.717, 1.165) is 5.57 Å². The van der Waals surface area contributed by atoms with Crippen LogP contribution in [0.2, 0.25) is 0 Å². The molecule has 0 amide bonds. The normalized spacial score (nSPS) is 45.8. The van der Waals surface area contributed by atoms with Gasteiger partial charge in [-0.2, -0.15) is 0 Å². The highest BCUT2D eigenvalue weighted by Crippen LogP contribution is 2.71. The lowest BCUT2D eigenvalue weighted by molar-refractivity contribution is -0.182. The maximum Gasteiger partial charge on any atom is 0.320 e. The van der Waals surface area contributed by atoms with Crippen LogP contribution in [-0.2, 0) is 19.1 Å². The first-order valence-electron chi connectivity index (χ1n) is 11.3. The van der Waals surface area contributed by atoms with E-state index in [-0.39, 0.29) is 43.0 Å². The SMILES string of the molecule is C[C@H]1C[C@H]2[C@@H]3CCC4=CC(=O)C=C[C@]4(C)[C@@]3(Cl)[C@@H](O)C[C@]2(C)[C@@]1(O)C(=O)COC(=O)CN.Cl. The number of hydrogen-bond acceptors (Lipinski definition) is 7. The standard InChI is InChI=1S/C24H32ClNO6.ClH/c1-13-8-17-16-5-4-14-9-15(27)6-7-21(14,2)23(16,25)18(28)10-22(17,3)24(13,31)19(29)12-32-20(30)11-26;/h6-7,9,13,16-18,28,31H,4-5,8,10-12,26H2,1-3H3;1H/t13-,16-,17-,18-,21-,22-,23-,24-;/m0./s1. The highest BCUT2D eigenvalue weighted by Gasteiger charge is 2.74. The van der Waals surface area contributed by atoms with Crippen LogP contribution in [0.25, 0.3) is 0 Å². The third-order valence-electron chi connectivity index (χ3n) is 9.18. The lowest BCUT2D eigenvalue weighted by atomic mass is 9.45. The van der Waals surface area contributed by atoms with Crippen LogP contribution in [0.15, 0.2) is 23.8 Å². The summed E-state index contributed by atoms with van der Waals surface area (Å²) in [4.78, 5) is 35.6. The molecule has 8 atom stereocenters. The molecule has 3 saturated carbocycles. The second-order valence-corrected chi connectivity index (χ2v) is 11.1. The zero-order valence-electron chi connectivity index (χ0n) is 19.2. The molecule has 4 aliphatic rings. The van der Waals surface area contributed by atoms with Crippen LogP contribution in [0, 0.1) is 28.6 Å². The minimum absolute atomic E-state index is 0. The van der Waals surface area contributed by atoms with Gasteiger partial charge in [-0.15, -0.1) is 24.0 Å². The van der Waals surface area contributed by atoms with Crippen molar-refractivity contribution < 1.29 is 29.3 Å². The predicted octanol–water partition coefficient (Wildman–Crippen LogP) is 2.10. The molecule has 0 aromatic carbocycles. The summed E-state index contributed by atoms with van der Waals surface area (Å²) in [6, 6.07) is 0. The van der Waals surface area contributed by atoms with Crippen molar-refractivity contribution in [2.45, 2.75) is 63.0 Å². The van der Waals surface area contributed by atoms with E-state index in [4.69, 9.17) is 22.1 Å². The van der Waals surface area contributed by atoms with Crippen LogP contribution in [0.5, 0.6) is 0 Å². The molecular weight excluding hydrogens is 469 g/mol. The summed E-state index contributed by atoms with van der Waals surface area (Å²) in [5.74, 6) is -2.06. The Morgan fingerprint density at radius 1 is 1.30 bits per heavy atom. The van der Waals surface area contributed by atoms with Crippen molar-refractivity contribution in [2.75, 3.05) is 13.2 Å². The fourth-order valence-corrected chi connectivity index (χ4v) is 7.98. The number of allylic oxidation sites excluding steroid dienone is 4. The third kappa shape index (κ3) is 3.30. The molecule has 0 unspecified atom stereocenters. The van der Waals surface area contributed by atoms with Gasteiger partial charge in [0.1, 0.15) is 5.60 Å². The lowest BCUT2D eigenvalue weighted by Crippen LogP contribution is -2.69. The fraction of sp³-hybridized carbons (Fsp3) is 0.708. The first-order valence-corrected chi connectivity index (χ1v) is 11.7. The van der Waals surface area contributed by atoms with Crippen molar-refractivity contribution in [3.63, 3.8) is 0 Å². The first kappa shape index (κ1) is 26.4. The molecule has 4 N–H and O–H groups in total. The smallest absolute Gasteiger partial charge is 0.320 e. The van der Waals surface area contributed by atoms with Crippen LogP contribution in [0.4, 0.5) is 0 Å². The maximum atomic E-state index is 13.2. The van der Waals surface area contributed by atoms with Crippen LogP contribution in [0.3, 0.4) is 0 Å². The number of nitrogens with two attached hydrogens (primary N) is 1. The number of ether oxygens (including phenoxy) is 1. The molecule has 0 saturated heterocycles. The fourth-order valence-electron chi connectivity index (χ4n) is 7.46. The van der Waals surface area contributed by atoms with Gasteiger partial charge in [-0.05, 0) is 55.6 Å². The summed E-state index contributed by atoms with van der Waals surface area (Å²) in [6.45, 7) is 4.73. The number of Topliss-reactive ketones (excluding diaryl/α,β-unsaturated/α-hetero) is 1. The largest absolute Gasteiger partial charge is 0.457 e. The molecule has 9 heteroatoms. The minimum Gasteiger partial charge on any atom is -0.457 e. The van der Waals surface area contributed by atoms with Crippen molar-refractivity contribution >= 4 is 41.5 Å². The van der Waals surface area contributed by atoms with E-state index in [9.17, 15) is 24.6 Å². The highest BCUT2D eigenvalue weighted by atomic mass is 35.5. The Bertz CT molecular complexity index is 936. The molecule has 3 fully saturated rings. The molecule has 0 aromatic heterocycles. The number of esters is 1. The van der Waals surface area contributed by atoms with Gasteiger partial charge in [0.05, 0.1) is 17.5 Å². The Labute approximate surface area is 205 Å². The monoisotopic (exact) mass is 501 g/mol. The number of aliphatic hydroxyl groups excluding tert-OH is 1. The van der Waals surface area contributed by atoms with Gasteiger partial charge < -0.3 is 20.7 Å². The van der Waals surface area contributed by atoms with E-state index in [1.165, 1.54) is 6.08 Å². The number of aliphatic hydroxyl groups is 2. The summed E-state index contributed by atoms with van der Waals surface area (Å²) in [7, 11) is 0. The molecular formula is C24H33Cl2NO6. The lowest BCUT2D eigenvalue weighted by Gasteiger charge is -2.63. The maximum absolute atomic E-state index is 13.2. The van der Waals surface area contributed by atoms with Gasteiger partial charge in [-0.1, -0.05) is 32.4 Å². The van der Waals surface area contributed by atoms with E-state index in [1.54, 1.807) is 6.08 Å². The van der Waals surface area contributed by atoms with Gasteiger partial charge >= 0.3 is 5.97 Å². The number of rotatable bonds is 4. The number of carbonyl (C=O) groups excluding carboxylic acids is 3. The van der Waals surface area contributed by atoms with Crippen LogP contribution >= 0.6 is 24.0 Å². The van der Waals surface area contributed by atoms with E-state index in [2.05, 4.69) is 0 Å². The van der Waals surface area contributed by atoms with E-state index in [0.29, 0.717) is 19.3 Å². The van der Waals surface area contributed by atoms with Crippen molar-refractivity contribution in [1.82, 2.24) is 0 Å². The van der Waals surface area contributed by atoms with E-state index < -0.39 is 51.7 Å². The van der Waals surface area contributed by atoms with Crippen LogP contribution < -0.4 is 5.73 Å². The number of alkyl halides is 1. The summed E-state index contributed by atoms with van der Waals surface area (Å²) < 4.78 is 4.94. The van der Waals surface area contributed by atoms with Crippen LogP contribution in [0.1, 0.15) is 46.5 Å². The second-order valence-electron chi connectivity index (χ2n) is 10.5. The van der Waals surface area contributed by atoms with Gasteiger partial charge in [0.25, 0.3) is 0 Å². The second kappa shape index (κ2) is 8.45. The number of halogens is 2. The summed E-state index contributed by atoms with van der Waals surface area (Å²) in [5, 5.41) is 23.3. The average Bonchev–Trinajstić information content (AvgIpc) is 2.94. The molecule has 4 rings (SSSR count). The molecule has 0 radical (unpaired) electrons. The van der Waals surface area contributed by atoms with Gasteiger partial charge in [0.2, 0.25) is 5.78 Å².